The lowest BCUT2D eigenvalue weighted by Gasteiger charge is -2.36. The Bertz CT molecular complexity index is 918. The lowest BCUT2D eigenvalue weighted by Crippen LogP contribution is -2.51. The molecule has 0 saturated carbocycles. The minimum absolute atomic E-state index is 0.0324. The number of anilines is 1. The van der Waals surface area contributed by atoms with Crippen LogP contribution in [-0.2, 0) is 6.54 Å². The number of amides is 2. The molecule has 0 radical (unpaired) electrons. The van der Waals surface area contributed by atoms with Crippen LogP contribution in [0.15, 0.2) is 67.0 Å². The average Bonchev–Trinajstić information content (AvgIpc) is 3.28. The van der Waals surface area contributed by atoms with Crippen LogP contribution in [-0.4, -0.2) is 46.9 Å². The monoisotopic (exact) mass is 395 g/mol. The first kappa shape index (κ1) is 18.4. The molecule has 144 valence electrons. The number of benzene rings is 2. The van der Waals surface area contributed by atoms with Gasteiger partial charge in [0.1, 0.15) is 0 Å². The molecule has 0 atom stereocenters. The minimum Gasteiger partial charge on any atom is -0.367 e. The number of halogens is 1. The molecule has 2 amide bonds. The first-order valence-corrected chi connectivity index (χ1v) is 9.70. The van der Waals surface area contributed by atoms with Crippen molar-refractivity contribution in [3.8, 4) is 5.69 Å². The Balaban J connectivity index is 1.27. The van der Waals surface area contributed by atoms with Gasteiger partial charge in [-0.2, -0.15) is 5.10 Å². The molecule has 28 heavy (non-hydrogen) atoms. The van der Waals surface area contributed by atoms with Crippen LogP contribution < -0.4 is 10.2 Å². The van der Waals surface area contributed by atoms with Gasteiger partial charge in [0.15, 0.2) is 0 Å². The van der Waals surface area contributed by atoms with Crippen molar-refractivity contribution in [1.82, 2.24) is 20.0 Å². The first-order chi connectivity index (χ1) is 13.7. The largest absolute Gasteiger partial charge is 0.367 e. The van der Waals surface area contributed by atoms with E-state index < -0.39 is 0 Å². The van der Waals surface area contributed by atoms with Crippen LogP contribution in [0.5, 0.6) is 0 Å². The van der Waals surface area contributed by atoms with Gasteiger partial charge in [-0.1, -0.05) is 35.9 Å². The molecule has 3 aromatic rings. The molecule has 1 N–H and O–H groups in total. The molecule has 1 saturated heterocycles. The fraction of sp³-hybridized carbons (Fsp3) is 0.238. The van der Waals surface area contributed by atoms with Gasteiger partial charge in [0.2, 0.25) is 0 Å². The molecule has 0 unspecified atom stereocenters. The van der Waals surface area contributed by atoms with E-state index in [0.29, 0.717) is 19.6 Å². The molecule has 4 rings (SSSR count). The van der Waals surface area contributed by atoms with Crippen molar-refractivity contribution >= 4 is 23.3 Å². The fourth-order valence-electron chi connectivity index (χ4n) is 3.34. The third kappa shape index (κ3) is 4.12. The van der Waals surface area contributed by atoms with E-state index in [4.69, 9.17) is 11.6 Å². The van der Waals surface area contributed by atoms with Gasteiger partial charge in [-0.05, 0) is 35.9 Å². The maximum Gasteiger partial charge on any atom is 0.317 e. The van der Waals surface area contributed by atoms with Gasteiger partial charge >= 0.3 is 6.03 Å². The summed E-state index contributed by atoms with van der Waals surface area (Å²) in [5, 5.41) is 7.97. The lowest BCUT2D eigenvalue weighted by atomic mass is 10.2. The summed E-state index contributed by atoms with van der Waals surface area (Å²) in [6, 6.07) is 17.7. The molecular formula is C21H22ClN5O. The Morgan fingerprint density at radius 2 is 1.75 bits per heavy atom. The summed E-state index contributed by atoms with van der Waals surface area (Å²) in [5.41, 5.74) is 3.08. The minimum atomic E-state index is -0.0324. The standard InChI is InChI=1S/C21H22ClN5O/c22-19-4-1-2-5-20(19)25-12-14-26(15-13-25)21(28)23-16-17-6-8-18(9-7-17)27-11-3-10-24-27/h1-11H,12-16H2,(H,23,28). The molecule has 2 heterocycles. The summed E-state index contributed by atoms with van der Waals surface area (Å²) in [7, 11) is 0. The number of hydrogen-bond donors (Lipinski definition) is 1. The highest BCUT2D eigenvalue weighted by molar-refractivity contribution is 6.33. The highest BCUT2D eigenvalue weighted by Crippen LogP contribution is 2.26. The van der Waals surface area contributed by atoms with E-state index in [0.717, 1.165) is 35.1 Å². The molecule has 1 aliphatic rings. The van der Waals surface area contributed by atoms with Crippen LogP contribution in [0.1, 0.15) is 5.56 Å². The Morgan fingerprint density at radius 1 is 1.00 bits per heavy atom. The number of carbonyl (C=O) groups is 1. The Labute approximate surface area is 169 Å². The molecule has 0 spiro atoms. The van der Waals surface area contributed by atoms with E-state index in [9.17, 15) is 4.79 Å². The zero-order valence-corrected chi connectivity index (χ0v) is 16.2. The smallest absolute Gasteiger partial charge is 0.317 e. The zero-order chi connectivity index (χ0) is 19.3. The summed E-state index contributed by atoms with van der Waals surface area (Å²) in [6.07, 6.45) is 3.65. The molecule has 1 aromatic heterocycles. The summed E-state index contributed by atoms with van der Waals surface area (Å²) in [5.74, 6) is 0. The highest BCUT2D eigenvalue weighted by Gasteiger charge is 2.22. The number of piperazine rings is 1. The number of nitrogens with zero attached hydrogens (tertiary/aromatic N) is 4. The van der Waals surface area contributed by atoms with E-state index in [1.807, 2.05) is 65.7 Å². The maximum absolute atomic E-state index is 12.5. The second-order valence-corrected chi connectivity index (χ2v) is 7.11. The Kier molecular flexibility index (Phi) is 5.48. The van der Waals surface area contributed by atoms with E-state index in [-0.39, 0.29) is 6.03 Å². The summed E-state index contributed by atoms with van der Waals surface area (Å²) < 4.78 is 1.81. The van der Waals surface area contributed by atoms with Gasteiger partial charge < -0.3 is 15.1 Å². The predicted octanol–water partition coefficient (Wildman–Crippen LogP) is 3.56. The van der Waals surface area contributed by atoms with Crippen LogP contribution in [0.3, 0.4) is 0 Å². The van der Waals surface area contributed by atoms with Crippen molar-refractivity contribution < 1.29 is 4.79 Å². The molecule has 7 heteroatoms. The van der Waals surface area contributed by atoms with Crippen molar-refractivity contribution in [1.29, 1.82) is 0 Å². The molecule has 1 aliphatic heterocycles. The van der Waals surface area contributed by atoms with Gasteiger partial charge in [0.05, 0.1) is 16.4 Å². The highest BCUT2D eigenvalue weighted by atomic mass is 35.5. The number of hydrogen-bond acceptors (Lipinski definition) is 3. The Hall–Kier alpha value is -2.99. The lowest BCUT2D eigenvalue weighted by molar-refractivity contribution is 0.194. The molecule has 1 fully saturated rings. The van der Waals surface area contributed by atoms with Crippen LogP contribution in [0.25, 0.3) is 5.69 Å². The number of rotatable bonds is 4. The van der Waals surface area contributed by atoms with Gasteiger partial charge in [-0.3, -0.25) is 0 Å². The van der Waals surface area contributed by atoms with Crippen molar-refractivity contribution in [3.63, 3.8) is 0 Å². The average molecular weight is 396 g/mol. The van der Waals surface area contributed by atoms with E-state index >= 15 is 0 Å². The summed E-state index contributed by atoms with van der Waals surface area (Å²) >= 11 is 6.28. The van der Waals surface area contributed by atoms with E-state index in [1.165, 1.54) is 0 Å². The zero-order valence-electron chi connectivity index (χ0n) is 15.5. The van der Waals surface area contributed by atoms with Crippen LogP contribution in [0.2, 0.25) is 5.02 Å². The number of aromatic nitrogens is 2. The van der Waals surface area contributed by atoms with Crippen molar-refractivity contribution in [2.75, 3.05) is 31.1 Å². The quantitative estimate of drug-likeness (QED) is 0.734. The fourth-order valence-corrected chi connectivity index (χ4v) is 3.59. The second kappa shape index (κ2) is 8.35. The predicted molar refractivity (Wildman–Crippen MR) is 111 cm³/mol. The molecule has 0 aliphatic carbocycles. The van der Waals surface area contributed by atoms with Crippen molar-refractivity contribution in [2.45, 2.75) is 6.54 Å². The SMILES string of the molecule is O=C(NCc1ccc(-n2cccn2)cc1)N1CCN(c2ccccc2Cl)CC1. The normalized spacial score (nSPS) is 14.2. The van der Waals surface area contributed by atoms with Gasteiger partial charge in [0.25, 0.3) is 0 Å². The maximum atomic E-state index is 12.5. The van der Waals surface area contributed by atoms with Crippen LogP contribution in [0.4, 0.5) is 10.5 Å². The molecule has 6 nitrogen and oxygen atoms in total. The van der Waals surface area contributed by atoms with Crippen LogP contribution in [0, 0.1) is 0 Å². The molecule has 0 bridgehead atoms. The van der Waals surface area contributed by atoms with Crippen molar-refractivity contribution in [3.05, 3.63) is 77.6 Å². The summed E-state index contributed by atoms with van der Waals surface area (Å²) in [4.78, 5) is 16.6. The van der Waals surface area contributed by atoms with E-state index in [2.05, 4.69) is 15.3 Å². The Morgan fingerprint density at radius 3 is 2.43 bits per heavy atom. The number of urea groups is 1. The number of para-hydroxylation sites is 1. The molecule has 2 aromatic carbocycles. The third-order valence-corrected chi connectivity index (χ3v) is 5.23. The van der Waals surface area contributed by atoms with Crippen LogP contribution >= 0.6 is 11.6 Å². The number of nitrogens with one attached hydrogen (secondary N) is 1. The van der Waals surface area contributed by atoms with Gasteiger partial charge in [-0.25, -0.2) is 9.48 Å². The molecular weight excluding hydrogens is 374 g/mol. The topological polar surface area (TPSA) is 53.4 Å². The van der Waals surface area contributed by atoms with Gasteiger partial charge in [0, 0.05) is 45.1 Å². The van der Waals surface area contributed by atoms with Crippen molar-refractivity contribution in [2.24, 2.45) is 0 Å². The van der Waals surface area contributed by atoms with Gasteiger partial charge in [-0.15, -0.1) is 0 Å². The third-order valence-electron chi connectivity index (χ3n) is 4.91. The number of carbonyl (C=O) groups excluding carboxylic acids is 1. The first-order valence-electron chi connectivity index (χ1n) is 9.32. The van der Waals surface area contributed by atoms with E-state index in [1.54, 1.807) is 10.9 Å². The summed E-state index contributed by atoms with van der Waals surface area (Å²) in [6.45, 7) is 3.40. The second-order valence-electron chi connectivity index (χ2n) is 6.70.